The largest absolute Gasteiger partial charge is 0.313 e. The Bertz CT molecular complexity index is 491. The van der Waals surface area contributed by atoms with Gasteiger partial charge in [0, 0.05) is 17.8 Å². The van der Waals surface area contributed by atoms with Crippen LogP contribution < -0.4 is 5.32 Å². The fraction of sp³-hybridized carbons (Fsp3) is 0.688. The molecule has 3 nitrogen and oxygen atoms in total. The summed E-state index contributed by atoms with van der Waals surface area (Å²) in [7, 11) is 0. The molecule has 1 aliphatic heterocycles. The maximum Gasteiger partial charge on any atom is 0.0913 e. The van der Waals surface area contributed by atoms with Gasteiger partial charge in [-0.2, -0.15) is 5.10 Å². The predicted molar refractivity (Wildman–Crippen MR) is 79.0 cm³/mol. The molecule has 3 heteroatoms. The van der Waals surface area contributed by atoms with Crippen molar-refractivity contribution >= 4 is 5.57 Å². The molecule has 1 aliphatic carbocycles. The minimum absolute atomic E-state index is 0.398. The van der Waals surface area contributed by atoms with Gasteiger partial charge >= 0.3 is 0 Å². The van der Waals surface area contributed by atoms with Crippen LogP contribution in [0.25, 0.3) is 5.57 Å². The standard InChI is InChI=1S/C16H25N3/c1-16(2,3)12-4-5-14-13(10-12)15(19-18-14)11-6-8-17-9-7-11/h6,12,17H,4-5,7-10H2,1-3H3,(H,18,19). The molecule has 0 saturated carbocycles. The summed E-state index contributed by atoms with van der Waals surface area (Å²) in [4.78, 5) is 0. The van der Waals surface area contributed by atoms with E-state index in [-0.39, 0.29) is 0 Å². The third kappa shape index (κ3) is 2.48. The van der Waals surface area contributed by atoms with E-state index in [0.717, 1.165) is 31.8 Å². The third-order valence-corrected chi connectivity index (χ3v) is 4.74. The van der Waals surface area contributed by atoms with Gasteiger partial charge in [0.15, 0.2) is 0 Å². The van der Waals surface area contributed by atoms with E-state index in [0.29, 0.717) is 5.41 Å². The van der Waals surface area contributed by atoms with E-state index < -0.39 is 0 Å². The van der Waals surface area contributed by atoms with Crippen LogP contribution in [0, 0.1) is 11.3 Å². The van der Waals surface area contributed by atoms with E-state index in [4.69, 9.17) is 0 Å². The van der Waals surface area contributed by atoms with E-state index in [1.807, 2.05) is 0 Å². The first-order valence-corrected chi connectivity index (χ1v) is 7.52. The summed E-state index contributed by atoms with van der Waals surface area (Å²) in [6, 6.07) is 0. The van der Waals surface area contributed by atoms with Gasteiger partial charge in [0.2, 0.25) is 0 Å². The van der Waals surface area contributed by atoms with Gasteiger partial charge in [-0.1, -0.05) is 26.8 Å². The summed E-state index contributed by atoms with van der Waals surface area (Å²) in [6.45, 7) is 9.17. The second-order valence-electron chi connectivity index (χ2n) is 7.02. The van der Waals surface area contributed by atoms with Crippen molar-refractivity contribution in [2.24, 2.45) is 11.3 Å². The highest BCUT2D eigenvalue weighted by Crippen LogP contribution is 2.39. The maximum absolute atomic E-state index is 4.62. The Morgan fingerprint density at radius 2 is 2.11 bits per heavy atom. The smallest absolute Gasteiger partial charge is 0.0913 e. The molecule has 19 heavy (non-hydrogen) atoms. The molecule has 0 fully saturated rings. The van der Waals surface area contributed by atoms with Crippen LogP contribution >= 0.6 is 0 Å². The highest BCUT2D eigenvalue weighted by Gasteiger charge is 2.31. The molecule has 2 N–H and O–H groups in total. The highest BCUT2D eigenvalue weighted by molar-refractivity contribution is 5.67. The Labute approximate surface area is 115 Å². The first-order chi connectivity index (χ1) is 9.05. The lowest BCUT2D eigenvalue weighted by Gasteiger charge is -2.34. The second kappa shape index (κ2) is 4.78. The van der Waals surface area contributed by atoms with Crippen molar-refractivity contribution in [3.63, 3.8) is 0 Å². The Hall–Kier alpha value is -1.09. The molecular formula is C16H25N3. The number of rotatable bonds is 1. The predicted octanol–water partition coefficient (Wildman–Crippen LogP) is 2.94. The zero-order chi connectivity index (χ0) is 13.5. The zero-order valence-corrected chi connectivity index (χ0v) is 12.3. The van der Waals surface area contributed by atoms with Crippen molar-refractivity contribution in [1.29, 1.82) is 0 Å². The molecule has 0 aromatic carbocycles. The number of aromatic nitrogens is 2. The number of nitrogens with one attached hydrogen (secondary N) is 2. The molecule has 0 radical (unpaired) electrons. The lowest BCUT2D eigenvalue weighted by Crippen LogP contribution is -2.27. The lowest BCUT2D eigenvalue weighted by atomic mass is 9.71. The summed E-state index contributed by atoms with van der Waals surface area (Å²) in [6.07, 6.45) is 7.06. The van der Waals surface area contributed by atoms with Crippen molar-refractivity contribution in [3.05, 3.63) is 23.0 Å². The molecule has 0 saturated heterocycles. The van der Waals surface area contributed by atoms with Crippen molar-refractivity contribution in [3.8, 4) is 0 Å². The van der Waals surface area contributed by atoms with Crippen LogP contribution in [0.4, 0.5) is 0 Å². The van der Waals surface area contributed by atoms with E-state index >= 15 is 0 Å². The topological polar surface area (TPSA) is 40.7 Å². The first-order valence-electron chi connectivity index (χ1n) is 7.52. The molecule has 1 atom stereocenters. The molecule has 2 heterocycles. The Morgan fingerprint density at radius 1 is 1.26 bits per heavy atom. The molecular weight excluding hydrogens is 234 g/mol. The van der Waals surface area contributed by atoms with Crippen LogP contribution in [0.3, 0.4) is 0 Å². The number of hydrogen-bond donors (Lipinski definition) is 2. The number of aromatic amines is 1. The number of aryl methyl sites for hydroxylation is 1. The van der Waals surface area contributed by atoms with Gasteiger partial charge in [0.05, 0.1) is 5.69 Å². The molecule has 0 bridgehead atoms. The average Bonchev–Trinajstić information content (AvgIpc) is 2.81. The number of hydrogen-bond acceptors (Lipinski definition) is 2. The van der Waals surface area contributed by atoms with Crippen LogP contribution in [0.15, 0.2) is 6.08 Å². The Morgan fingerprint density at radius 3 is 2.79 bits per heavy atom. The number of H-pyrrole nitrogens is 1. The lowest BCUT2D eigenvalue weighted by molar-refractivity contribution is 0.215. The molecule has 0 amide bonds. The number of fused-ring (bicyclic) bond motifs is 1. The SMILES string of the molecule is CC(C)(C)C1CCc2[nH]nc(C3=CCNCC3)c2C1. The Kier molecular flexibility index (Phi) is 3.25. The van der Waals surface area contributed by atoms with E-state index in [1.54, 1.807) is 0 Å². The quantitative estimate of drug-likeness (QED) is 0.814. The maximum atomic E-state index is 4.62. The van der Waals surface area contributed by atoms with Crippen LogP contribution in [-0.2, 0) is 12.8 Å². The number of nitrogens with zero attached hydrogens (tertiary/aromatic N) is 1. The van der Waals surface area contributed by atoms with Crippen LogP contribution in [-0.4, -0.2) is 23.3 Å². The van der Waals surface area contributed by atoms with Gasteiger partial charge in [-0.25, -0.2) is 0 Å². The van der Waals surface area contributed by atoms with Gasteiger partial charge < -0.3 is 5.32 Å². The van der Waals surface area contributed by atoms with Gasteiger partial charge in [-0.3, -0.25) is 5.10 Å². The van der Waals surface area contributed by atoms with Crippen molar-refractivity contribution < 1.29 is 0 Å². The van der Waals surface area contributed by atoms with E-state index in [9.17, 15) is 0 Å². The second-order valence-corrected chi connectivity index (χ2v) is 7.02. The zero-order valence-electron chi connectivity index (χ0n) is 12.3. The molecule has 104 valence electrons. The normalized spacial score (nSPS) is 23.9. The van der Waals surface area contributed by atoms with Crippen molar-refractivity contribution in [2.75, 3.05) is 13.1 Å². The summed E-state index contributed by atoms with van der Waals surface area (Å²) in [5, 5.41) is 11.3. The monoisotopic (exact) mass is 259 g/mol. The highest BCUT2D eigenvalue weighted by atomic mass is 15.1. The third-order valence-electron chi connectivity index (χ3n) is 4.74. The van der Waals surface area contributed by atoms with E-state index in [2.05, 4.69) is 42.4 Å². The minimum atomic E-state index is 0.398. The van der Waals surface area contributed by atoms with Gasteiger partial charge in [0.1, 0.15) is 0 Å². The summed E-state index contributed by atoms with van der Waals surface area (Å²) in [5.74, 6) is 0.777. The van der Waals surface area contributed by atoms with Gasteiger partial charge in [0.25, 0.3) is 0 Å². The Balaban J connectivity index is 1.90. The molecule has 0 spiro atoms. The summed E-state index contributed by atoms with van der Waals surface area (Å²) >= 11 is 0. The van der Waals surface area contributed by atoms with Crippen molar-refractivity contribution in [1.82, 2.24) is 15.5 Å². The molecule has 1 unspecified atom stereocenters. The van der Waals surface area contributed by atoms with Crippen LogP contribution in [0.5, 0.6) is 0 Å². The summed E-state index contributed by atoms with van der Waals surface area (Å²) in [5.41, 5.74) is 5.97. The fourth-order valence-corrected chi connectivity index (χ4v) is 3.34. The molecule has 3 rings (SSSR count). The first kappa shape index (κ1) is 12.9. The minimum Gasteiger partial charge on any atom is -0.313 e. The van der Waals surface area contributed by atoms with Gasteiger partial charge in [-0.05, 0) is 49.1 Å². The van der Waals surface area contributed by atoms with Crippen LogP contribution in [0.1, 0.15) is 50.6 Å². The molecule has 1 aromatic rings. The molecule has 2 aliphatic rings. The van der Waals surface area contributed by atoms with E-state index in [1.165, 1.54) is 35.4 Å². The fourth-order valence-electron chi connectivity index (χ4n) is 3.34. The van der Waals surface area contributed by atoms with Crippen molar-refractivity contribution in [2.45, 2.75) is 46.5 Å². The van der Waals surface area contributed by atoms with Gasteiger partial charge in [-0.15, -0.1) is 0 Å². The molecule has 1 aromatic heterocycles. The summed E-state index contributed by atoms with van der Waals surface area (Å²) < 4.78 is 0. The average molecular weight is 259 g/mol. The van der Waals surface area contributed by atoms with Crippen LogP contribution in [0.2, 0.25) is 0 Å².